The van der Waals surface area contributed by atoms with Crippen LogP contribution in [0.5, 0.6) is 0 Å². The molecule has 0 unspecified atom stereocenters. The van der Waals surface area contributed by atoms with Crippen molar-refractivity contribution in [2.45, 2.75) is 18.3 Å². The average molecular weight is 180 g/mol. The highest BCUT2D eigenvalue weighted by Crippen LogP contribution is 2.46. The Labute approximate surface area is 75.0 Å². The summed E-state index contributed by atoms with van der Waals surface area (Å²) >= 11 is 5.57. The van der Waals surface area contributed by atoms with Gasteiger partial charge in [-0.25, -0.2) is 4.98 Å². The van der Waals surface area contributed by atoms with Crippen LogP contribution in [0, 0.1) is 11.3 Å². The molecule has 12 heavy (non-hydrogen) atoms. The Morgan fingerprint density at radius 2 is 2.17 bits per heavy atom. The van der Waals surface area contributed by atoms with Crippen molar-refractivity contribution < 1.29 is 0 Å². The predicted octanol–water partition coefficient (Wildman–Crippen LogP) is 1.69. The van der Waals surface area contributed by atoms with Gasteiger partial charge in [-0.1, -0.05) is 11.6 Å². The van der Waals surface area contributed by atoms with Gasteiger partial charge in [0, 0.05) is 0 Å². The first kappa shape index (κ1) is 7.51. The maximum absolute atomic E-state index is 8.83. The number of hydrogen-bond donors (Lipinski definition) is 0. The maximum Gasteiger partial charge on any atom is 0.147 e. The van der Waals surface area contributed by atoms with Gasteiger partial charge in [-0.05, 0) is 12.8 Å². The summed E-state index contributed by atoms with van der Waals surface area (Å²) in [6.07, 6.45) is 4.84. The number of halogens is 1. The minimum Gasteiger partial charge on any atom is -0.255 e. The molecule has 0 atom stereocenters. The fourth-order valence-corrected chi connectivity index (χ4v) is 1.21. The standard InChI is InChI=1S/C8H6ClN3/c9-7-4-11-6(3-12-7)8(5-10)1-2-8/h3-4H,1-2H2. The Hall–Kier alpha value is -1.14. The van der Waals surface area contributed by atoms with Crippen molar-refractivity contribution in [1.29, 1.82) is 5.26 Å². The van der Waals surface area contributed by atoms with E-state index in [9.17, 15) is 0 Å². The molecule has 0 aromatic carbocycles. The second-order valence-corrected chi connectivity index (χ2v) is 3.31. The van der Waals surface area contributed by atoms with Crippen molar-refractivity contribution >= 4 is 11.6 Å². The SMILES string of the molecule is N#CC1(c2cnc(Cl)cn2)CC1. The van der Waals surface area contributed by atoms with Crippen molar-refractivity contribution in [2.24, 2.45) is 0 Å². The van der Waals surface area contributed by atoms with Gasteiger partial charge in [-0.3, -0.25) is 4.98 Å². The van der Waals surface area contributed by atoms with E-state index in [1.54, 1.807) is 6.20 Å². The lowest BCUT2D eigenvalue weighted by atomic mass is 10.1. The van der Waals surface area contributed by atoms with Crippen LogP contribution in [0.4, 0.5) is 0 Å². The Balaban J connectivity index is 2.37. The first-order chi connectivity index (χ1) is 5.77. The van der Waals surface area contributed by atoms with Gasteiger partial charge in [0.25, 0.3) is 0 Å². The monoisotopic (exact) mass is 179 g/mol. The lowest BCUT2D eigenvalue weighted by Gasteiger charge is -2.02. The first-order valence-corrected chi connectivity index (χ1v) is 4.04. The first-order valence-electron chi connectivity index (χ1n) is 3.66. The van der Waals surface area contributed by atoms with Crippen molar-refractivity contribution in [3.63, 3.8) is 0 Å². The molecule has 0 saturated heterocycles. The van der Waals surface area contributed by atoms with Crippen LogP contribution in [0.25, 0.3) is 0 Å². The van der Waals surface area contributed by atoms with Crippen molar-refractivity contribution in [1.82, 2.24) is 9.97 Å². The molecule has 4 heteroatoms. The molecule has 1 fully saturated rings. The van der Waals surface area contributed by atoms with Crippen LogP contribution in [0.1, 0.15) is 18.5 Å². The molecule has 1 heterocycles. The molecule has 1 aliphatic carbocycles. The highest BCUT2D eigenvalue weighted by Gasteiger charge is 2.46. The van der Waals surface area contributed by atoms with Gasteiger partial charge in [0.05, 0.1) is 24.2 Å². The van der Waals surface area contributed by atoms with Gasteiger partial charge in [0.15, 0.2) is 0 Å². The molecule has 3 nitrogen and oxygen atoms in total. The molecule has 0 N–H and O–H groups in total. The third kappa shape index (κ3) is 1.05. The fourth-order valence-electron chi connectivity index (χ4n) is 1.11. The molecule has 1 aromatic heterocycles. The number of nitrogens with zero attached hydrogens (tertiary/aromatic N) is 3. The van der Waals surface area contributed by atoms with Crippen LogP contribution in [0.2, 0.25) is 5.15 Å². The highest BCUT2D eigenvalue weighted by molar-refractivity contribution is 6.29. The zero-order chi connectivity index (χ0) is 8.60. The summed E-state index contributed by atoms with van der Waals surface area (Å²) in [5.74, 6) is 0. The summed E-state index contributed by atoms with van der Waals surface area (Å²) < 4.78 is 0. The quantitative estimate of drug-likeness (QED) is 0.659. The van der Waals surface area contributed by atoms with Crippen LogP contribution in [-0.2, 0) is 5.41 Å². The third-order valence-electron chi connectivity index (χ3n) is 2.07. The van der Waals surface area contributed by atoms with Crippen LogP contribution >= 0.6 is 11.6 Å². The van der Waals surface area contributed by atoms with Crippen molar-refractivity contribution in [3.8, 4) is 6.07 Å². The van der Waals surface area contributed by atoms with E-state index in [0.29, 0.717) is 5.15 Å². The summed E-state index contributed by atoms with van der Waals surface area (Å²) in [7, 11) is 0. The second kappa shape index (κ2) is 2.43. The lowest BCUT2D eigenvalue weighted by Crippen LogP contribution is -2.05. The summed E-state index contributed by atoms with van der Waals surface area (Å²) in [4.78, 5) is 7.95. The maximum atomic E-state index is 8.83. The zero-order valence-electron chi connectivity index (χ0n) is 6.29. The smallest absolute Gasteiger partial charge is 0.147 e. The molecule has 0 aliphatic heterocycles. The second-order valence-electron chi connectivity index (χ2n) is 2.92. The molecule has 1 saturated carbocycles. The predicted molar refractivity (Wildman–Crippen MR) is 43.6 cm³/mol. The summed E-state index contributed by atoms with van der Waals surface area (Å²) in [5, 5.41) is 9.20. The number of hydrogen-bond acceptors (Lipinski definition) is 3. The van der Waals surface area contributed by atoms with Gasteiger partial charge in [0.2, 0.25) is 0 Å². The van der Waals surface area contributed by atoms with Crippen LogP contribution in [0.15, 0.2) is 12.4 Å². The van der Waals surface area contributed by atoms with Crippen LogP contribution in [-0.4, -0.2) is 9.97 Å². The Morgan fingerprint density at radius 1 is 1.42 bits per heavy atom. The lowest BCUT2D eigenvalue weighted by molar-refractivity contribution is 0.840. The Kier molecular flexibility index (Phi) is 1.52. The molecule has 0 radical (unpaired) electrons. The third-order valence-corrected chi connectivity index (χ3v) is 2.27. The fraction of sp³-hybridized carbons (Fsp3) is 0.375. The number of nitriles is 1. The Bertz CT molecular complexity index is 334. The van der Waals surface area contributed by atoms with Crippen LogP contribution in [0.3, 0.4) is 0 Å². The highest BCUT2D eigenvalue weighted by atomic mass is 35.5. The molecule has 1 aliphatic rings. The minimum atomic E-state index is -0.350. The van der Waals surface area contributed by atoms with Crippen molar-refractivity contribution in [2.75, 3.05) is 0 Å². The van der Waals surface area contributed by atoms with E-state index in [-0.39, 0.29) is 5.41 Å². The molecule has 1 aromatic rings. The largest absolute Gasteiger partial charge is 0.255 e. The molecular weight excluding hydrogens is 174 g/mol. The summed E-state index contributed by atoms with van der Waals surface area (Å²) in [6, 6.07) is 2.24. The van der Waals surface area contributed by atoms with Crippen LogP contribution < -0.4 is 0 Å². The molecule has 0 spiro atoms. The minimum absolute atomic E-state index is 0.350. The summed E-state index contributed by atoms with van der Waals surface area (Å²) in [6.45, 7) is 0. The Morgan fingerprint density at radius 3 is 2.58 bits per heavy atom. The van der Waals surface area contributed by atoms with E-state index in [1.165, 1.54) is 6.20 Å². The van der Waals surface area contributed by atoms with Crippen molar-refractivity contribution in [3.05, 3.63) is 23.2 Å². The zero-order valence-corrected chi connectivity index (χ0v) is 7.04. The van der Waals surface area contributed by atoms with E-state index in [0.717, 1.165) is 18.5 Å². The molecule has 2 rings (SSSR count). The number of rotatable bonds is 1. The van der Waals surface area contributed by atoms with Gasteiger partial charge >= 0.3 is 0 Å². The molecule has 60 valence electrons. The van der Waals surface area contributed by atoms with E-state index >= 15 is 0 Å². The average Bonchev–Trinajstić information content (AvgIpc) is 2.86. The van der Waals surface area contributed by atoms with E-state index < -0.39 is 0 Å². The van der Waals surface area contributed by atoms with Gasteiger partial charge in [0.1, 0.15) is 10.6 Å². The molecular formula is C8H6ClN3. The van der Waals surface area contributed by atoms with Gasteiger partial charge in [-0.15, -0.1) is 0 Å². The van der Waals surface area contributed by atoms with E-state index in [1.807, 2.05) is 0 Å². The molecule has 0 amide bonds. The topological polar surface area (TPSA) is 49.6 Å². The van der Waals surface area contributed by atoms with Gasteiger partial charge < -0.3 is 0 Å². The normalized spacial score (nSPS) is 18.3. The summed E-state index contributed by atoms with van der Waals surface area (Å²) in [5.41, 5.74) is 0.395. The van der Waals surface area contributed by atoms with E-state index in [4.69, 9.17) is 16.9 Å². The van der Waals surface area contributed by atoms with E-state index in [2.05, 4.69) is 16.0 Å². The van der Waals surface area contributed by atoms with Gasteiger partial charge in [-0.2, -0.15) is 5.26 Å². The number of aromatic nitrogens is 2. The molecule has 0 bridgehead atoms.